The van der Waals surface area contributed by atoms with Gasteiger partial charge in [0.25, 0.3) is 0 Å². The Morgan fingerprint density at radius 3 is 2.65 bits per heavy atom. The van der Waals surface area contributed by atoms with Crippen LogP contribution in [0.25, 0.3) is 0 Å². The van der Waals surface area contributed by atoms with Crippen molar-refractivity contribution in [2.45, 2.75) is 45.1 Å². The largest absolute Gasteiger partial charge is 0.387 e. The van der Waals surface area contributed by atoms with E-state index in [1.165, 1.54) is 38.8 Å². The van der Waals surface area contributed by atoms with E-state index in [-0.39, 0.29) is 6.10 Å². The number of rotatable bonds is 4. The van der Waals surface area contributed by atoms with Gasteiger partial charge in [-0.2, -0.15) is 0 Å². The van der Waals surface area contributed by atoms with E-state index in [1.807, 2.05) is 12.4 Å². The van der Waals surface area contributed by atoms with Gasteiger partial charge in [0.1, 0.15) is 0 Å². The van der Waals surface area contributed by atoms with Gasteiger partial charge in [0.05, 0.1) is 22.2 Å². The Bertz CT molecular complexity index is 332. The molecule has 1 unspecified atom stereocenters. The summed E-state index contributed by atoms with van der Waals surface area (Å²) in [7, 11) is 0. The minimum absolute atomic E-state index is 0.328. The molecule has 96 valence electrons. The van der Waals surface area contributed by atoms with Crippen LogP contribution in [0.1, 0.15) is 48.8 Å². The molecule has 1 saturated heterocycles. The molecule has 2 heterocycles. The summed E-state index contributed by atoms with van der Waals surface area (Å²) in [5.74, 6) is 0. The van der Waals surface area contributed by atoms with Gasteiger partial charge in [-0.25, -0.2) is 4.98 Å². The van der Waals surface area contributed by atoms with Crippen molar-refractivity contribution in [2.75, 3.05) is 19.6 Å². The highest BCUT2D eigenvalue weighted by Gasteiger charge is 2.15. The first-order chi connectivity index (χ1) is 8.27. The molecule has 0 spiro atoms. The second-order valence-corrected chi connectivity index (χ2v) is 5.75. The average Bonchev–Trinajstić information content (AvgIpc) is 2.61. The maximum atomic E-state index is 10.1. The Labute approximate surface area is 107 Å². The molecule has 1 aliphatic heterocycles. The number of aliphatic hydroxyl groups is 1. The van der Waals surface area contributed by atoms with Crippen molar-refractivity contribution in [1.29, 1.82) is 0 Å². The number of nitrogens with zero attached hydrogens (tertiary/aromatic N) is 2. The van der Waals surface area contributed by atoms with Crippen LogP contribution in [-0.4, -0.2) is 34.6 Å². The topological polar surface area (TPSA) is 36.4 Å². The summed E-state index contributed by atoms with van der Waals surface area (Å²) in [5, 5.41) is 10.1. The summed E-state index contributed by atoms with van der Waals surface area (Å²) in [6.45, 7) is 5.39. The summed E-state index contributed by atoms with van der Waals surface area (Å²) in [5.41, 5.74) is 2.80. The lowest BCUT2D eigenvalue weighted by atomic mass is 10.2. The molecule has 3 nitrogen and oxygen atoms in total. The molecule has 1 N–H and O–H groups in total. The Balaban J connectivity index is 1.79. The SMILES string of the molecule is Cc1ncsc1C(O)CCN1CCCCCC1. The zero-order valence-electron chi connectivity index (χ0n) is 10.6. The predicted molar refractivity (Wildman–Crippen MR) is 71.3 cm³/mol. The van der Waals surface area contributed by atoms with Crippen molar-refractivity contribution in [1.82, 2.24) is 9.88 Å². The van der Waals surface area contributed by atoms with E-state index in [2.05, 4.69) is 9.88 Å². The third-order valence-corrected chi connectivity index (χ3v) is 4.53. The second kappa shape index (κ2) is 6.47. The summed E-state index contributed by atoms with van der Waals surface area (Å²) in [4.78, 5) is 7.73. The van der Waals surface area contributed by atoms with Gasteiger partial charge in [-0.3, -0.25) is 0 Å². The van der Waals surface area contributed by atoms with Crippen LogP contribution < -0.4 is 0 Å². The molecule has 0 bridgehead atoms. The van der Waals surface area contributed by atoms with Crippen LogP contribution in [-0.2, 0) is 0 Å². The highest BCUT2D eigenvalue weighted by atomic mass is 32.1. The molecule has 17 heavy (non-hydrogen) atoms. The Kier molecular flexibility index (Phi) is 4.95. The predicted octanol–water partition coefficient (Wildman–Crippen LogP) is 2.75. The lowest BCUT2D eigenvalue weighted by molar-refractivity contribution is 0.145. The van der Waals surface area contributed by atoms with Crippen molar-refractivity contribution in [3.63, 3.8) is 0 Å². The van der Waals surface area contributed by atoms with Crippen molar-refractivity contribution >= 4 is 11.3 Å². The van der Waals surface area contributed by atoms with E-state index in [9.17, 15) is 5.11 Å². The molecule has 4 heteroatoms. The van der Waals surface area contributed by atoms with Crippen LogP contribution in [0.3, 0.4) is 0 Å². The average molecular weight is 254 g/mol. The highest BCUT2D eigenvalue weighted by molar-refractivity contribution is 7.09. The number of hydrogen-bond donors (Lipinski definition) is 1. The summed E-state index contributed by atoms with van der Waals surface area (Å²) >= 11 is 1.57. The molecule has 1 aromatic rings. The van der Waals surface area contributed by atoms with Crippen molar-refractivity contribution in [2.24, 2.45) is 0 Å². The van der Waals surface area contributed by atoms with E-state index in [0.29, 0.717) is 0 Å². The highest BCUT2D eigenvalue weighted by Crippen LogP contribution is 2.24. The van der Waals surface area contributed by atoms with Crippen LogP contribution in [0.15, 0.2) is 5.51 Å². The molecular weight excluding hydrogens is 232 g/mol. The molecular formula is C13H22N2OS. The molecule has 0 radical (unpaired) electrons. The fourth-order valence-electron chi connectivity index (χ4n) is 2.43. The molecule has 0 aromatic carbocycles. The normalized spacial score (nSPS) is 20.1. The molecule has 0 aliphatic carbocycles. The summed E-state index contributed by atoms with van der Waals surface area (Å²) in [6.07, 6.45) is 5.87. The second-order valence-electron chi connectivity index (χ2n) is 4.86. The number of aryl methyl sites for hydroxylation is 1. The summed E-state index contributed by atoms with van der Waals surface area (Å²) < 4.78 is 0. The zero-order valence-corrected chi connectivity index (χ0v) is 11.4. The van der Waals surface area contributed by atoms with Crippen LogP contribution in [0.5, 0.6) is 0 Å². The monoisotopic (exact) mass is 254 g/mol. The third-order valence-electron chi connectivity index (χ3n) is 3.50. The van der Waals surface area contributed by atoms with Gasteiger partial charge in [-0.1, -0.05) is 12.8 Å². The smallest absolute Gasteiger partial charge is 0.0912 e. The van der Waals surface area contributed by atoms with Crippen LogP contribution in [0.4, 0.5) is 0 Å². The maximum Gasteiger partial charge on any atom is 0.0912 e. The van der Waals surface area contributed by atoms with E-state index < -0.39 is 0 Å². The van der Waals surface area contributed by atoms with Gasteiger partial charge >= 0.3 is 0 Å². The fourth-order valence-corrected chi connectivity index (χ4v) is 3.25. The minimum Gasteiger partial charge on any atom is -0.387 e. The molecule has 1 aromatic heterocycles. The maximum absolute atomic E-state index is 10.1. The molecule has 0 saturated carbocycles. The standard InChI is InChI=1S/C13H22N2OS/c1-11-13(17-10-14-11)12(16)6-9-15-7-4-2-3-5-8-15/h10,12,16H,2-9H2,1H3. The van der Waals surface area contributed by atoms with Gasteiger partial charge in [0.2, 0.25) is 0 Å². The van der Waals surface area contributed by atoms with Gasteiger partial charge in [-0.05, 0) is 39.3 Å². The van der Waals surface area contributed by atoms with E-state index in [0.717, 1.165) is 23.5 Å². The van der Waals surface area contributed by atoms with E-state index in [1.54, 1.807) is 11.3 Å². The van der Waals surface area contributed by atoms with Gasteiger partial charge in [0, 0.05) is 6.54 Å². The molecule has 1 atom stereocenters. The number of aromatic nitrogens is 1. The minimum atomic E-state index is -0.328. The van der Waals surface area contributed by atoms with E-state index >= 15 is 0 Å². The molecule has 2 rings (SSSR count). The lowest BCUT2D eigenvalue weighted by Gasteiger charge is -2.21. The van der Waals surface area contributed by atoms with Gasteiger partial charge in [0.15, 0.2) is 0 Å². The van der Waals surface area contributed by atoms with Crippen LogP contribution in [0.2, 0.25) is 0 Å². The first-order valence-electron chi connectivity index (χ1n) is 6.58. The fraction of sp³-hybridized carbons (Fsp3) is 0.769. The van der Waals surface area contributed by atoms with E-state index in [4.69, 9.17) is 0 Å². The number of thiazole rings is 1. The molecule has 1 aliphatic rings. The van der Waals surface area contributed by atoms with Gasteiger partial charge < -0.3 is 10.0 Å². The first kappa shape index (κ1) is 13.0. The molecule has 0 amide bonds. The Morgan fingerprint density at radius 2 is 2.06 bits per heavy atom. The molecule has 1 fully saturated rings. The quantitative estimate of drug-likeness (QED) is 0.897. The number of hydrogen-bond acceptors (Lipinski definition) is 4. The van der Waals surface area contributed by atoms with Crippen molar-refractivity contribution in [3.8, 4) is 0 Å². The van der Waals surface area contributed by atoms with Crippen LogP contribution in [0, 0.1) is 6.92 Å². The number of aliphatic hydroxyl groups excluding tert-OH is 1. The van der Waals surface area contributed by atoms with Crippen LogP contribution >= 0.6 is 11.3 Å². The lowest BCUT2D eigenvalue weighted by Crippen LogP contribution is -2.26. The summed E-state index contributed by atoms with van der Waals surface area (Å²) in [6, 6.07) is 0. The first-order valence-corrected chi connectivity index (χ1v) is 7.46. The van der Waals surface area contributed by atoms with Crippen molar-refractivity contribution < 1.29 is 5.11 Å². The van der Waals surface area contributed by atoms with Gasteiger partial charge in [-0.15, -0.1) is 11.3 Å². The Morgan fingerprint density at radius 1 is 1.35 bits per heavy atom. The Hall–Kier alpha value is -0.450. The van der Waals surface area contributed by atoms with Crippen molar-refractivity contribution in [3.05, 3.63) is 16.1 Å². The number of likely N-dealkylation sites (tertiary alicyclic amines) is 1. The third kappa shape index (κ3) is 3.76. The zero-order chi connectivity index (χ0) is 12.1.